The Morgan fingerprint density at radius 1 is 0.947 bits per heavy atom. The molecule has 0 amide bonds. The molecular weight excluding hydrogens is 236 g/mol. The highest BCUT2D eigenvalue weighted by Crippen LogP contribution is 2.21. The Morgan fingerprint density at radius 3 is 2.26 bits per heavy atom. The minimum absolute atomic E-state index is 0.0948. The van der Waals surface area contributed by atoms with E-state index in [0.29, 0.717) is 0 Å². The molecule has 0 aliphatic carbocycles. The lowest BCUT2D eigenvalue weighted by Gasteiger charge is -2.22. The van der Waals surface area contributed by atoms with Gasteiger partial charge < -0.3 is 5.73 Å². The van der Waals surface area contributed by atoms with Gasteiger partial charge in [0.25, 0.3) is 0 Å². The maximum Gasteiger partial charge on any atom is 0.0936 e. The van der Waals surface area contributed by atoms with Gasteiger partial charge in [-0.05, 0) is 11.1 Å². The van der Waals surface area contributed by atoms with E-state index in [4.69, 9.17) is 5.73 Å². The van der Waals surface area contributed by atoms with Crippen molar-refractivity contribution < 1.29 is 0 Å². The zero-order valence-corrected chi connectivity index (χ0v) is 10.7. The van der Waals surface area contributed by atoms with E-state index in [1.165, 1.54) is 11.1 Å². The summed E-state index contributed by atoms with van der Waals surface area (Å²) in [6.45, 7) is 0.776. The van der Waals surface area contributed by atoms with E-state index in [9.17, 15) is 0 Å². The Kier molecular flexibility index (Phi) is 3.57. The number of nitrogens with two attached hydrogens (primary N) is 1. The van der Waals surface area contributed by atoms with Crippen molar-refractivity contribution in [1.29, 1.82) is 0 Å². The van der Waals surface area contributed by atoms with Gasteiger partial charge in [0, 0.05) is 6.54 Å². The van der Waals surface area contributed by atoms with Crippen LogP contribution in [0.25, 0.3) is 0 Å². The molecule has 1 aliphatic heterocycles. The molecule has 2 aromatic carbocycles. The molecule has 0 aromatic heterocycles. The second-order valence-electron chi connectivity index (χ2n) is 4.75. The van der Waals surface area contributed by atoms with E-state index in [-0.39, 0.29) is 12.2 Å². The van der Waals surface area contributed by atoms with Gasteiger partial charge in [-0.2, -0.15) is 5.53 Å². The van der Waals surface area contributed by atoms with Gasteiger partial charge >= 0.3 is 0 Å². The lowest BCUT2D eigenvalue weighted by atomic mass is 10.1. The molecule has 2 unspecified atom stereocenters. The molecule has 2 aromatic rings. The number of hydrogen-bond donors (Lipinski definition) is 3. The molecule has 1 aliphatic rings. The maximum absolute atomic E-state index is 6.30. The SMILES string of the molecule is NC1C(c2ccccc2)NNN1Cc1ccccc1. The Hall–Kier alpha value is -1.72. The summed E-state index contributed by atoms with van der Waals surface area (Å²) in [5, 5.41) is 2.02. The first kappa shape index (κ1) is 12.3. The fraction of sp³-hybridized carbons (Fsp3) is 0.200. The summed E-state index contributed by atoms with van der Waals surface area (Å²) in [6, 6.07) is 20.7. The first-order valence-electron chi connectivity index (χ1n) is 6.47. The first-order chi connectivity index (χ1) is 9.34. The van der Waals surface area contributed by atoms with Crippen molar-refractivity contribution in [2.75, 3.05) is 0 Å². The second-order valence-corrected chi connectivity index (χ2v) is 4.75. The Morgan fingerprint density at radius 2 is 1.58 bits per heavy atom. The van der Waals surface area contributed by atoms with Crippen LogP contribution in [0.3, 0.4) is 0 Å². The molecule has 2 atom stereocenters. The van der Waals surface area contributed by atoms with Gasteiger partial charge in [-0.15, -0.1) is 0 Å². The van der Waals surface area contributed by atoms with Crippen LogP contribution in [0.5, 0.6) is 0 Å². The molecule has 0 spiro atoms. The maximum atomic E-state index is 6.30. The third-order valence-corrected chi connectivity index (χ3v) is 3.42. The molecule has 3 rings (SSSR count). The summed E-state index contributed by atoms with van der Waals surface area (Å²) in [5.74, 6) is 0. The summed E-state index contributed by atoms with van der Waals surface area (Å²) in [5.41, 5.74) is 15.1. The van der Waals surface area contributed by atoms with Gasteiger partial charge in [0.15, 0.2) is 0 Å². The fourth-order valence-corrected chi connectivity index (χ4v) is 2.36. The molecule has 0 bridgehead atoms. The van der Waals surface area contributed by atoms with Gasteiger partial charge in [-0.3, -0.25) is 0 Å². The van der Waals surface area contributed by atoms with Crippen molar-refractivity contribution in [2.24, 2.45) is 5.73 Å². The number of hydrazine groups is 2. The largest absolute Gasteiger partial charge is 0.313 e. The van der Waals surface area contributed by atoms with Crippen molar-refractivity contribution in [1.82, 2.24) is 16.0 Å². The molecule has 0 radical (unpaired) electrons. The number of nitrogens with one attached hydrogen (secondary N) is 2. The van der Waals surface area contributed by atoms with Crippen molar-refractivity contribution in [3.05, 3.63) is 71.8 Å². The van der Waals surface area contributed by atoms with Gasteiger partial charge in [0.1, 0.15) is 0 Å². The fourth-order valence-electron chi connectivity index (χ4n) is 2.36. The average molecular weight is 254 g/mol. The molecule has 1 saturated heterocycles. The topological polar surface area (TPSA) is 53.3 Å². The van der Waals surface area contributed by atoms with Crippen LogP contribution < -0.4 is 16.7 Å². The standard InChI is InChI=1S/C15H18N4/c16-15-14(13-9-5-2-6-10-13)17-18-19(15)11-12-7-3-1-4-8-12/h1-10,14-15,17-18H,11,16H2. The van der Waals surface area contributed by atoms with E-state index in [2.05, 4.69) is 35.2 Å². The van der Waals surface area contributed by atoms with Crippen molar-refractivity contribution >= 4 is 0 Å². The minimum Gasteiger partial charge on any atom is -0.313 e. The van der Waals surface area contributed by atoms with Crippen LogP contribution in [0.4, 0.5) is 0 Å². The van der Waals surface area contributed by atoms with Crippen molar-refractivity contribution in [2.45, 2.75) is 18.8 Å². The van der Waals surface area contributed by atoms with Crippen LogP contribution in [0.1, 0.15) is 17.2 Å². The van der Waals surface area contributed by atoms with Crippen LogP contribution in [0.2, 0.25) is 0 Å². The Labute approximate surface area is 113 Å². The number of nitrogens with zero attached hydrogens (tertiary/aromatic N) is 1. The average Bonchev–Trinajstić information content (AvgIpc) is 2.82. The predicted molar refractivity (Wildman–Crippen MR) is 75.4 cm³/mol. The van der Waals surface area contributed by atoms with Crippen LogP contribution in [0.15, 0.2) is 60.7 Å². The normalized spacial score (nSPS) is 23.6. The molecule has 1 fully saturated rings. The molecule has 4 N–H and O–H groups in total. The third-order valence-electron chi connectivity index (χ3n) is 3.42. The lowest BCUT2D eigenvalue weighted by molar-refractivity contribution is 0.168. The van der Waals surface area contributed by atoms with Gasteiger partial charge in [0.2, 0.25) is 0 Å². The summed E-state index contributed by atoms with van der Waals surface area (Å²) < 4.78 is 0. The quantitative estimate of drug-likeness (QED) is 0.777. The molecule has 98 valence electrons. The van der Waals surface area contributed by atoms with Crippen LogP contribution >= 0.6 is 0 Å². The zero-order chi connectivity index (χ0) is 13.1. The van der Waals surface area contributed by atoms with Crippen molar-refractivity contribution in [3.8, 4) is 0 Å². The van der Waals surface area contributed by atoms with Gasteiger partial charge in [-0.25, -0.2) is 10.4 Å². The van der Waals surface area contributed by atoms with Crippen LogP contribution in [-0.4, -0.2) is 11.2 Å². The second kappa shape index (κ2) is 5.50. The number of rotatable bonds is 3. The van der Waals surface area contributed by atoms with E-state index >= 15 is 0 Å². The first-order valence-corrected chi connectivity index (χ1v) is 6.47. The lowest BCUT2D eigenvalue weighted by Crippen LogP contribution is -2.43. The van der Waals surface area contributed by atoms with E-state index in [0.717, 1.165) is 6.54 Å². The highest BCUT2D eigenvalue weighted by atomic mass is 15.8. The van der Waals surface area contributed by atoms with Crippen LogP contribution in [0, 0.1) is 0 Å². The molecule has 1 heterocycles. The molecular formula is C15H18N4. The van der Waals surface area contributed by atoms with E-state index < -0.39 is 0 Å². The molecule has 4 heteroatoms. The van der Waals surface area contributed by atoms with Crippen LogP contribution in [-0.2, 0) is 6.54 Å². The summed E-state index contributed by atoms with van der Waals surface area (Å²) in [6.07, 6.45) is -0.0948. The third kappa shape index (κ3) is 2.67. The Bertz CT molecular complexity index is 514. The monoisotopic (exact) mass is 254 g/mol. The van der Waals surface area contributed by atoms with Crippen molar-refractivity contribution in [3.63, 3.8) is 0 Å². The van der Waals surface area contributed by atoms with E-state index in [1.807, 2.05) is 41.4 Å². The summed E-state index contributed by atoms with van der Waals surface area (Å²) >= 11 is 0. The highest BCUT2D eigenvalue weighted by Gasteiger charge is 2.31. The minimum atomic E-state index is -0.0948. The molecule has 4 nitrogen and oxygen atoms in total. The summed E-state index contributed by atoms with van der Waals surface area (Å²) in [7, 11) is 0. The van der Waals surface area contributed by atoms with Gasteiger partial charge in [-0.1, -0.05) is 60.7 Å². The zero-order valence-electron chi connectivity index (χ0n) is 10.7. The molecule has 0 saturated carbocycles. The van der Waals surface area contributed by atoms with Gasteiger partial charge in [0.05, 0.1) is 12.2 Å². The predicted octanol–water partition coefficient (Wildman–Crippen LogP) is 1.54. The smallest absolute Gasteiger partial charge is 0.0936 e. The molecule has 19 heavy (non-hydrogen) atoms. The Balaban J connectivity index is 1.71. The van der Waals surface area contributed by atoms with E-state index in [1.54, 1.807) is 0 Å². The highest BCUT2D eigenvalue weighted by molar-refractivity contribution is 5.21. The summed E-state index contributed by atoms with van der Waals surface area (Å²) in [4.78, 5) is 0. The number of benzene rings is 2. The number of hydrogen-bond acceptors (Lipinski definition) is 4.